The zero-order valence-corrected chi connectivity index (χ0v) is 22.5. The number of ketones is 1. The third kappa shape index (κ3) is 4.24. The molecule has 1 N–H and O–H groups in total. The number of amides is 1. The molecule has 38 heavy (non-hydrogen) atoms. The van der Waals surface area contributed by atoms with Crippen LogP contribution in [0.2, 0.25) is 0 Å². The van der Waals surface area contributed by atoms with Crippen molar-refractivity contribution in [1.82, 2.24) is 4.98 Å². The molecule has 0 radical (unpaired) electrons. The number of fused-ring (bicyclic) bond motifs is 1. The Labute approximate surface area is 224 Å². The van der Waals surface area contributed by atoms with Crippen LogP contribution in [0.4, 0.5) is 10.8 Å². The van der Waals surface area contributed by atoms with Crippen LogP contribution in [0.15, 0.2) is 66.2 Å². The molecule has 1 aliphatic rings. The number of Topliss-reactive ketones (excluding diaryl/α,β-unsaturated/α-hetero) is 1. The van der Waals surface area contributed by atoms with Crippen LogP contribution in [-0.2, 0) is 9.59 Å². The van der Waals surface area contributed by atoms with Crippen LogP contribution in [0.25, 0.3) is 16.0 Å². The van der Waals surface area contributed by atoms with Crippen molar-refractivity contribution in [3.63, 3.8) is 0 Å². The molecule has 2 heterocycles. The summed E-state index contributed by atoms with van der Waals surface area (Å²) in [5.41, 5.74) is 3.75. The second-order valence-electron chi connectivity index (χ2n) is 9.19. The normalized spacial score (nSPS) is 16.8. The van der Waals surface area contributed by atoms with Crippen LogP contribution in [0.5, 0.6) is 11.5 Å². The second kappa shape index (κ2) is 9.83. The molecule has 1 aliphatic heterocycles. The third-order valence-electron chi connectivity index (χ3n) is 6.57. The maximum Gasteiger partial charge on any atom is 0.301 e. The van der Waals surface area contributed by atoms with Crippen molar-refractivity contribution in [3.05, 3.63) is 82.9 Å². The molecule has 0 spiro atoms. The molecule has 0 bridgehead atoms. The highest BCUT2D eigenvalue weighted by Crippen LogP contribution is 2.45. The summed E-state index contributed by atoms with van der Waals surface area (Å²) in [6, 6.07) is 17.3. The minimum Gasteiger partial charge on any atom is -0.507 e. The fraction of sp³-hybridized carbons (Fsp3) is 0.207. The summed E-state index contributed by atoms with van der Waals surface area (Å²) in [4.78, 5) is 35.1. The lowest BCUT2D eigenvalue weighted by Crippen LogP contribution is -2.29. The summed E-state index contributed by atoms with van der Waals surface area (Å²) in [7, 11) is 6.87. The lowest BCUT2D eigenvalue weighted by Gasteiger charge is -2.23. The molecule has 1 fully saturated rings. The molecule has 194 valence electrons. The number of benzene rings is 3. The molecule has 0 saturated carbocycles. The molecule has 1 aromatic heterocycles. The molecule has 3 aromatic carbocycles. The van der Waals surface area contributed by atoms with Crippen molar-refractivity contribution in [1.29, 1.82) is 0 Å². The van der Waals surface area contributed by atoms with Crippen LogP contribution in [0.1, 0.15) is 22.7 Å². The van der Waals surface area contributed by atoms with Gasteiger partial charge >= 0.3 is 5.91 Å². The van der Waals surface area contributed by atoms with Gasteiger partial charge in [-0.3, -0.25) is 14.5 Å². The summed E-state index contributed by atoms with van der Waals surface area (Å²) in [6.07, 6.45) is 0. The van der Waals surface area contributed by atoms with Crippen LogP contribution in [0, 0.1) is 6.92 Å². The highest BCUT2D eigenvalue weighted by Gasteiger charge is 2.48. The highest BCUT2D eigenvalue weighted by atomic mass is 32.1. The van der Waals surface area contributed by atoms with E-state index in [1.807, 2.05) is 68.4 Å². The second-order valence-corrected chi connectivity index (χ2v) is 10.2. The molecule has 0 aliphatic carbocycles. The number of aliphatic hydroxyl groups excluding tert-OH is 1. The zero-order valence-electron chi connectivity index (χ0n) is 21.7. The van der Waals surface area contributed by atoms with Gasteiger partial charge in [-0.05, 0) is 60.5 Å². The average molecular weight is 530 g/mol. The van der Waals surface area contributed by atoms with Crippen molar-refractivity contribution in [2.75, 3.05) is 38.1 Å². The Hall–Kier alpha value is -4.37. The molecule has 4 aromatic rings. The first-order valence-electron chi connectivity index (χ1n) is 11.9. The Morgan fingerprint density at radius 2 is 1.68 bits per heavy atom. The third-order valence-corrected chi connectivity index (χ3v) is 7.58. The van der Waals surface area contributed by atoms with E-state index in [-0.39, 0.29) is 11.3 Å². The minimum absolute atomic E-state index is 0.0183. The Morgan fingerprint density at radius 3 is 2.34 bits per heavy atom. The Kier molecular flexibility index (Phi) is 6.54. The van der Waals surface area contributed by atoms with Gasteiger partial charge < -0.3 is 19.5 Å². The number of aliphatic hydroxyl groups is 1. The summed E-state index contributed by atoms with van der Waals surface area (Å²) >= 11 is 1.33. The first-order chi connectivity index (χ1) is 18.2. The monoisotopic (exact) mass is 529 g/mol. The number of aryl methyl sites for hydroxylation is 1. The van der Waals surface area contributed by atoms with Crippen LogP contribution in [-0.4, -0.2) is 50.1 Å². The number of ether oxygens (including phenoxy) is 2. The van der Waals surface area contributed by atoms with E-state index in [1.165, 1.54) is 30.5 Å². The molecule has 1 unspecified atom stereocenters. The maximum absolute atomic E-state index is 13.5. The van der Waals surface area contributed by atoms with Gasteiger partial charge in [-0.15, -0.1) is 0 Å². The largest absolute Gasteiger partial charge is 0.507 e. The number of aromatic nitrogens is 1. The fourth-order valence-corrected chi connectivity index (χ4v) is 5.65. The number of thiazole rings is 1. The smallest absolute Gasteiger partial charge is 0.301 e. The lowest BCUT2D eigenvalue weighted by molar-refractivity contribution is -0.132. The van der Waals surface area contributed by atoms with E-state index in [0.29, 0.717) is 27.8 Å². The summed E-state index contributed by atoms with van der Waals surface area (Å²) in [6.45, 7) is 1.99. The number of carbonyl (C=O) groups excluding carboxylic acids is 2. The van der Waals surface area contributed by atoms with E-state index >= 15 is 0 Å². The topological polar surface area (TPSA) is 92.2 Å². The lowest BCUT2D eigenvalue weighted by atomic mass is 9.95. The summed E-state index contributed by atoms with van der Waals surface area (Å²) in [5.74, 6) is -0.964. The molecule has 1 atom stereocenters. The number of hydrogen-bond acceptors (Lipinski definition) is 8. The van der Waals surface area contributed by atoms with Gasteiger partial charge in [0.2, 0.25) is 0 Å². The van der Waals surface area contributed by atoms with Gasteiger partial charge in [-0.25, -0.2) is 4.98 Å². The first kappa shape index (κ1) is 25.3. The summed E-state index contributed by atoms with van der Waals surface area (Å²) in [5, 5.41) is 11.9. The number of hydrogen-bond donors (Lipinski definition) is 1. The SMILES string of the molecule is COc1ccc(/C(O)=C2\C(=O)C(=O)N(c3nc4ccc(C)cc4s3)C2c2ccc(N(C)C)cc2)cc1OC. The Balaban J connectivity index is 1.71. The predicted molar refractivity (Wildman–Crippen MR) is 149 cm³/mol. The number of rotatable bonds is 6. The fourth-order valence-electron chi connectivity index (χ4n) is 4.56. The Morgan fingerprint density at radius 1 is 0.974 bits per heavy atom. The standard InChI is InChI=1S/C29H27N3O5S/c1-16-6-12-20-23(14-16)38-29(30-20)32-25(17-7-10-19(11-8-17)31(2)3)24(27(34)28(32)35)26(33)18-9-13-21(36-4)22(15-18)37-5/h6-15,25,33H,1-5H3/b26-24+. The number of carbonyl (C=O) groups is 2. The summed E-state index contributed by atoms with van der Waals surface area (Å²) < 4.78 is 11.6. The average Bonchev–Trinajstić information content (AvgIpc) is 3.45. The Bertz CT molecular complexity index is 1590. The number of methoxy groups -OCH3 is 2. The molecule has 8 nitrogen and oxygen atoms in total. The van der Waals surface area contributed by atoms with Gasteiger partial charge in [0.25, 0.3) is 5.78 Å². The van der Waals surface area contributed by atoms with Gasteiger partial charge in [-0.1, -0.05) is 29.5 Å². The zero-order chi connectivity index (χ0) is 27.1. The predicted octanol–water partition coefficient (Wildman–Crippen LogP) is 5.31. The van der Waals surface area contributed by atoms with Crippen molar-refractivity contribution >= 4 is 49.8 Å². The minimum atomic E-state index is -0.874. The van der Waals surface area contributed by atoms with Gasteiger partial charge in [0.15, 0.2) is 16.6 Å². The van der Waals surface area contributed by atoms with E-state index in [2.05, 4.69) is 4.98 Å². The molecule has 9 heteroatoms. The molecule has 1 amide bonds. The van der Waals surface area contributed by atoms with Gasteiger partial charge in [0.1, 0.15) is 5.76 Å². The van der Waals surface area contributed by atoms with Crippen LogP contribution < -0.4 is 19.3 Å². The van der Waals surface area contributed by atoms with Gasteiger partial charge in [-0.2, -0.15) is 0 Å². The highest BCUT2D eigenvalue weighted by molar-refractivity contribution is 7.22. The van der Waals surface area contributed by atoms with Crippen molar-refractivity contribution in [2.45, 2.75) is 13.0 Å². The van der Waals surface area contributed by atoms with Crippen molar-refractivity contribution < 1.29 is 24.2 Å². The van der Waals surface area contributed by atoms with Gasteiger partial charge in [0.05, 0.1) is 36.1 Å². The van der Waals surface area contributed by atoms with E-state index in [4.69, 9.17) is 9.47 Å². The molecule has 1 saturated heterocycles. The molecular weight excluding hydrogens is 502 g/mol. The first-order valence-corrected chi connectivity index (χ1v) is 12.7. The molecule has 5 rings (SSSR count). The van der Waals surface area contributed by atoms with Crippen molar-refractivity contribution in [3.8, 4) is 11.5 Å². The van der Waals surface area contributed by atoms with E-state index < -0.39 is 17.7 Å². The quantitative estimate of drug-likeness (QED) is 0.205. The van der Waals surface area contributed by atoms with E-state index in [0.717, 1.165) is 21.5 Å². The maximum atomic E-state index is 13.5. The van der Waals surface area contributed by atoms with Crippen LogP contribution >= 0.6 is 11.3 Å². The van der Waals surface area contributed by atoms with E-state index in [1.54, 1.807) is 18.2 Å². The van der Waals surface area contributed by atoms with Gasteiger partial charge in [0, 0.05) is 25.3 Å². The van der Waals surface area contributed by atoms with E-state index in [9.17, 15) is 14.7 Å². The number of anilines is 2. The van der Waals surface area contributed by atoms with Crippen LogP contribution in [0.3, 0.4) is 0 Å². The number of nitrogens with zero attached hydrogens (tertiary/aromatic N) is 3. The molecular formula is C29H27N3O5S. The van der Waals surface area contributed by atoms with Crippen molar-refractivity contribution in [2.24, 2.45) is 0 Å².